The Balaban J connectivity index is 1.52. The number of nitrogens with one attached hydrogen (secondary N) is 1. The average Bonchev–Trinajstić information content (AvgIpc) is 3.20. The summed E-state index contributed by atoms with van der Waals surface area (Å²) < 4.78 is 7.13. The molecule has 2 aromatic rings. The van der Waals surface area contributed by atoms with E-state index in [-0.39, 0.29) is 11.8 Å². The van der Waals surface area contributed by atoms with Gasteiger partial charge in [0.15, 0.2) is 0 Å². The van der Waals surface area contributed by atoms with Gasteiger partial charge in [-0.05, 0) is 25.7 Å². The SMILES string of the molecule is Cc1cc(CN2Cc3ncn(C)c3[C@H](C(=O)NCC3CC3)C2)no1. The number of hydrogen-bond donors (Lipinski definition) is 1. The van der Waals surface area contributed by atoms with Gasteiger partial charge in [-0.1, -0.05) is 5.16 Å². The Morgan fingerprint density at radius 2 is 2.29 bits per heavy atom. The Morgan fingerprint density at radius 3 is 3.00 bits per heavy atom. The zero-order valence-corrected chi connectivity index (χ0v) is 14.2. The Morgan fingerprint density at radius 1 is 1.46 bits per heavy atom. The molecular formula is C17H23N5O2. The van der Waals surface area contributed by atoms with Gasteiger partial charge in [-0.15, -0.1) is 0 Å². The first-order valence-corrected chi connectivity index (χ1v) is 8.52. The molecule has 2 aromatic heterocycles. The van der Waals surface area contributed by atoms with Crippen molar-refractivity contribution >= 4 is 5.91 Å². The van der Waals surface area contributed by atoms with Gasteiger partial charge in [0.25, 0.3) is 0 Å². The van der Waals surface area contributed by atoms with Crippen LogP contribution in [0.25, 0.3) is 0 Å². The summed E-state index contributed by atoms with van der Waals surface area (Å²) in [5.74, 6) is 1.40. The quantitative estimate of drug-likeness (QED) is 0.896. The highest BCUT2D eigenvalue weighted by molar-refractivity contribution is 5.84. The van der Waals surface area contributed by atoms with E-state index in [0.29, 0.717) is 19.0 Å². The molecule has 128 valence electrons. The molecule has 1 fully saturated rings. The minimum absolute atomic E-state index is 0.104. The Hall–Kier alpha value is -2.15. The van der Waals surface area contributed by atoms with E-state index >= 15 is 0 Å². The number of fused-ring (bicyclic) bond motifs is 1. The molecule has 0 bridgehead atoms. The monoisotopic (exact) mass is 329 g/mol. The van der Waals surface area contributed by atoms with Gasteiger partial charge in [0.05, 0.1) is 29.3 Å². The van der Waals surface area contributed by atoms with Crippen LogP contribution in [0.3, 0.4) is 0 Å². The van der Waals surface area contributed by atoms with Gasteiger partial charge in [0.2, 0.25) is 5.91 Å². The molecule has 2 aliphatic rings. The topological polar surface area (TPSA) is 76.2 Å². The number of rotatable bonds is 5. The molecule has 3 heterocycles. The van der Waals surface area contributed by atoms with Gasteiger partial charge >= 0.3 is 0 Å². The van der Waals surface area contributed by atoms with Crippen LogP contribution >= 0.6 is 0 Å². The van der Waals surface area contributed by atoms with Crippen LogP contribution in [-0.2, 0) is 24.9 Å². The molecule has 24 heavy (non-hydrogen) atoms. The number of hydrogen-bond acceptors (Lipinski definition) is 5. The predicted molar refractivity (Wildman–Crippen MR) is 87.0 cm³/mol. The van der Waals surface area contributed by atoms with Gasteiger partial charge in [0, 0.05) is 39.3 Å². The van der Waals surface area contributed by atoms with Crippen molar-refractivity contribution in [2.75, 3.05) is 13.1 Å². The molecule has 4 rings (SSSR count). The van der Waals surface area contributed by atoms with Crippen LogP contribution in [0.4, 0.5) is 0 Å². The number of carbonyl (C=O) groups excluding carboxylic acids is 1. The average molecular weight is 329 g/mol. The molecule has 0 radical (unpaired) electrons. The van der Waals surface area contributed by atoms with Crippen molar-refractivity contribution in [1.82, 2.24) is 24.9 Å². The molecule has 0 unspecified atom stereocenters. The molecule has 1 aliphatic heterocycles. The van der Waals surface area contributed by atoms with E-state index in [4.69, 9.17) is 4.52 Å². The third-order valence-corrected chi connectivity index (χ3v) is 4.85. The van der Waals surface area contributed by atoms with Gasteiger partial charge in [-0.2, -0.15) is 0 Å². The van der Waals surface area contributed by atoms with Crippen LogP contribution in [0.2, 0.25) is 0 Å². The molecule has 1 amide bonds. The fourth-order valence-corrected chi connectivity index (χ4v) is 3.42. The molecule has 1 N–H and O–H groups in total. The van der Waals surface area contributed by atoms with Crippen molar-refractivity contribution in [3.05, 3.63) is 35.2 Å². The maximum atomic E-state index is 12.7. The highest BCUT2D eigenvalue weighted by Crippen LogP contribution is 2.30. The summed E-state index contributed by atoms with van der Waals surface area (Å²) in [5, 5.41) is 7.19. The van der Waals surface area contributed by atoms with Crippen molar-refractivity contribution in [3.63, 3.8) is 0 Å². The summed E-state index contributed by atoms with van der Waals surface area (Å²) in [6.07, 6.45) is 4.27. The molecule has 0 spiro atoms. The molecule has 7 nitrogen and oxygen atoms in total. The van der Waals surface area contributed by atoms with E-state index < -0.39 is 0 Å². The number of nitrogens with zero attached hydrogens (tertiary/aromatic N) is 4. The van der Waals surface area contributed by atoms with Crippen LogP contribution in [0.1, 0.15) is 41.6 Å². The molecule has 1 atom stereocenters. The largest absolute Gasteiger partial charge is 0.361 e. The first-order chi connectivity index (χ1) is 11.6. The first-order valence-electron chi connectivity index (χ1n) is 8.52. The van der Waals surface area contributed by atoms with E-state index in [1.165, 1.54) is 12.8 Å². The Kier molecular flexibility index (Phi) is 3.88. The van der Waals surface area contributed by atoms with E-state index in [0.717, 1.165) is 35.9 Å². The summed E-state index contributed by atoms with van der Waals surface area (Å²) in [7, 11) is 1.96. The van der Waals surface area contributed by atoms with E-state index in [9.17, 15) is 4.79 Å². The lowest BCUT2D eigenvalue weighted by Crippen LogP contribution is -2.42. The first kappa shape index (κ1) is 15.4. The third kappa shape index (κ3) is 3.08. The van der Waals surface area contributed by atoms with Gasteiger partial charge in [-0.3, -0.25) is 9.69 Å². The second-order valence-corrected chi connectivity index (χ2v) is 7.03. The van der Waals surface area contributed by atoms with Crippen molar-refractivity contribution in [3.8, 4) is 0 Å². The minimum atomic E-state index is -0.187. The van der Waals surface area contributed by atoms with Crippen molar-refractivity contribution in [2.45, 2.75) is 38.8 Å². The summed E-state index contributed by atoms with van der Waals surface area (Å²) >= 11 is 0. The Labute approximate surface area is 141 Å². The summed E-state index contributed by atoms with van der Waals surface area (Å²) in [4.78, 5) is 19.4. The lowest BCUT2D eigenvalue weighted by atomic mass is 9.97. The summed E-state index contributed by atoms with van der Waals surface area (Å²) in [6.45, 7) is 4.76. The van der Waals surface area contributed by atoms with Crippen LogP contribution in [0, 0.1) is 12.8 Å². The maximum absolute atomic E-state index is 12.7. The maximum Gasteiger partial charge on any atom is 0.230 e. The second kappa shape index (κ2) is 6.05. The van der Waals surface area contributed by atoms with Gasteiger partial charge in [0.1, 0.15) is 5.76 Å². The highest BCUT2D eigenvalue weighted by atomic mass is 16.5. The molecule has 0 saturated heterocycles. The van der Waals surface area contributed by atoms with Crippen LogP contribution < -0.4 is 5.32 Å². The lowest BCUT2D eigenvalue weighted by Gasteiger charge is -2.31. The number of amides is 1. The summed E-state index contributed by atoms with van der Waals surface area (Å²) in [5.41, 5.74) is 2.91. The van der Waals surface area contributed by atoms with E-state index in [2.05, 4.69) is 20.4 Å². The number of aryl methyl sites for hydroxylation is 2. The molecule has 1 saturated carbocycles. The molecular weight excluding hydrogens is 306 g/mol. The second-order valence-electron chi connectivity index (χ2n) is 7.03. The van der Waals surface area contributed by atoms with Crippen molar-refractivity contribution in [1.29, 1.82) is 0 Å². The standard InChI is InChI=1S/C17H23N5O2/c1-11-5-13(20-24-11)7-22-8-14(17(23)18-6-12-3-4-12)16-15(9-22)19-10-21(16)2/h5,10,12,14H,3-4,6-9H2,1-2H3,(H,18,23)/t14-/m1/s1. The predicted octanol–water partition coefficient (Wildman–Crippen LogP) is 1.34. The summed E-state index contributed by atoms with van der Waals surface area (Å²) in [6, 6.07) is 1.94. The highest BCUT2D eigenvalue weighted by Gasteiger charge is 2.34. The van der Waals surface area contributed by atoms with Gasteiger partial charge in [-0.25, -0.2) is 4.98 Å². The van der Waals surface area contributed by atoms with Crippen molar-refractivity contribution < 1.29 is 9.32 Å². The Bertz CT molecular complexity index is 746. The fourth-order valence-electron chi connectivity index (χ4n) is 3.42. The minimum Gasteiger partial charge on any atom is -0.361 e. The zero-order chi connectivity index (χ0) is 16.7. The van der Waals surface area contributed by atoms with E-state index in [1.54, 1.807) is 6.33 Å². The normalized spacial score (nSPS) is 20.8. The number of imidazole rings is 1. The van der Waals surface area contributed by atoms with E-state index in [1.807, 2.05) is 24.6 Å². The van der Waals surface area contributed by atoms with Gasteiger partial charge < -0.3 is 14.4 Å². The molecule has 0 aromatic carbocycles. The third-order valence-electron chi connectivity index (χ3n) is 4.85. The number of aromatic nitrogens is 3. The number of carbonyl (C=O) groups is 1. The van der Waals surface area contributed by atoms with Crippen molar-refractivity contribution in [2.24, 2.45) is 13.0 Å². The van der Waals surface area contributed by atoms with Crippen LogP contribution in [0.5, 0.6) is 0 Å². The molecule has 7 heteroatoms. The smallest absolute Gasteiger partial charge is 0.230 e. The van der Waals surface area contributed by atoms with Crippen LogP contribution in [-0.4, -0.2) is 38.6 Å². The fraction of sp³-hybridized carbons (Fsp3) is 0.588. The van der Waals surface area contributed by atoms with Crippen LogP contribution in [0.15, 0.2) is 16.9 Å². The zero-order valence-electron chi connectivity index (χ0n) is 14.2. The lowest BCUT2D eigenvalue weighted by molar-refractivity contribution is -0.123. The molecule has 1 aliphatic carbocycles.